The summed E-state index contributed by atoms with van der Waals surface area (Å²) in [5, 5.41) is 0. The van der Waals surface area contributed by atoms with Crippen LogP contribution in [0.5, 0.6) is 0 Å². The van der Waals surface area contributed by atoms with Crippen LogP contribution in [0.25, 0.3) is 0 Å². The number of ether oxygens (including phenoxy) is 3. The van der Waals surface area contributed by atoms with E-state index < -0.39 is 0 Å². The summed E-state index contributed by atoms with van der Waals surface area (Å²) in [5.74, 6) is 0. The Hall–Kier alpha value is -1.16. The summed E-state index contributed by atoms with van der Waals surface area (Å²) in [6, 6.07) is 17.4. The molecule has 150 valence electrons. The standard InChI is InChI=1S/C24H30O3Se/c1-17(23(25-2)18-9-4-3-5-10-18)28-24-19(21-13-7-15-26-21)11-6-12-20(24)22-14-8-16-27-22/h3-6,9-12,17,21-23H,7-8,13-16H2,1-2H3/t17-,21+,22+,23+/m1/s1. The SMILES string of the molecule is CO[C@H](c1ccccc1)[C@@H](C)[Se]c1c([C@@H]2CCCO2)cccc1[C@@H]1CCCO1. The van der Waals surface area contributed by atoms with E-state index in [4.69, 9.17) is 14.2 Å². The maximum absolute atomic E-state index is 6.09. The van der Waals surface area contributed by atoms with Crippen LogP contribution in [0.1, 0.15) is 67.6 Å². The first-order valence-electron chi connectivity index (χ1n) is 10.4. The van der Waals surface area contributed by atoms with Crippen molar-refractivity contribution in [1.82, 2.24) is 0 Å². The van der Waals surface area contributed by atoms with Gasteiger partial charge in [0.15, 0.2) is 0 Å². The zero-order valence-corrected chi connectivity index (χ0v) is 18.5. The Kier molecular flexibility index (Phi) is 6.87. The van der Waals surface area contributed by atoms with Crippen molar-refractivity contribution < 1.29 is 14.2 Å². The van der Waals surface area contributed by atoms with Crippen LogP contribution in [0, 0.1) is 0 Å². The van der Waals surface area contributed by atoms with Gasteiger partial charge in [0, 0.05) is 0 Å². The predicted molar refractivity (Wildman–Crippen MR) is 113 cm³/mol. The van der Waals surface area contributed by atoms with Gasteiger partial charge >= 0.3 is 175 Å². The summed E-state index contributed by atoms with van der Waals surface area (Å²) in [5.41, 5.74) is 4.04. The normalized spacial score (nSPS) is 24.4. The van der Waals surface area contributed by atoms with Crippen molar-refractivity contribution in [2.45, 2.75) is 55.7 Å². The Morgan fingerprint density at radius 2 is 1.50 bits per heavy atom. The van der Waals surface area contributed by atoms with Gasteiger partial charge in [0.2, 0.25) is 0 Å². The summed E-state index contributed by atoms with van der Waals surface area (Å²) in [7, 11) is 1.83. The Morgan fingerprint density at radius 1 is 0.893 bits per heavy atom. The van der Waals surface area contributed by atoms with Crippen molar-refractivity contribution in [3.05, 3.63) is 65.2 Å². The van der Waals surface area contributed by atoms with Crippen molar-refractivity contribution >= 4 is 19.4 Å². The minimum absolute atomic E-state index is 0.107. The topological polar surface area (TPSA) is 27.7 Å². The molecule has 2 aliphatic rings. The van der Waals surface area contributed by atoms with Crippen LogP contribution in [0.15, 0.2) is 48.5 Å². The van der Waals surface area contributed by atoms with E-state index in [0.717, 1.165) is 38.9 Å². The van der Waals surface area contributed by atoms with Gasteiger partial charge in [0.25, 0.3) is 0 Å². The summed E-state index contributed by atoms with van der Waals surface area (Å²) < 4.78 is 19.6. The van der Waals surface area contributed by atoms with Crippen LogP contribution < -0.4 is 4.46 Å². The molecule has 28 heavy (non-hydrogen) atoms. The molecule has 4 heteroatoms. The molecule has 2 aromatic carbocycles. The molecule has 2 saturated heterocycles. The molecule has 0 amide bonds. The third-order valence-electron chi connectivity index (χ3n) is 5.74. The number of hydrogen-bond acceptors (Lipinski definition) is 3. The first-order chi connectivity index (χ1) is 13.8. The Bertz CT molecular complexity index is 717. The summed E-state index contributed by atoms with van der Waals surface area (Å²) in [6.07, 6.45) is 5.14. The first kappa shape index (κ1) is 20.1. The van der Waals surface area contributed by atoms with Gasteiger partial charge in [0.05, 0.1) is 0 Å². The molecule has 0 unspecified atom stereocenters. The monoisotopic (exact) mass is 446 g/mol. The van der Waals surface area contributed by atoms with E-state index in [1.807, 2.05) is 7.11 Å². The molecule has 2 aromatic rings. The first-order valence-corrected chi connectivity index (χ1v) is 12.2. The van der Waals surface area contributed by atoms with Crippen LogP contribution in [0.2, 0.25) is 4.82 Å². The van der Waals surface area contributed by atoms with Gasteiger partial charge in [0.1, 0.15) is 0 Å². The van der Waals surface area contributed by atoms with E-state index in [0.29, 0.717) is 4.82 Å². The molecule has 4 atom stereocenters. The second-order valence-corrected chi connectivity index (χ2v) is 10.6. The Balaban J connectivity index is 1.66. The van der Waals surface area contributed by atoms with E-state index in [2.05, 4.69) is 55.5 Å². The minimum atomic E-state index is 0.107. The quantitative estimate of drug-likeness (QED) is 0.567. The van der Waals surface area contributed by atoms with Crippen molar-refractivity contribution in [2.75, 3.05) is 20.3 Å². The Morgan fingerprint density at radius 3 is 2.00 bits per heavy atom. The second-order valence-electron chi connectivity index (χ2n) is 7.66. The van der Waals surface area contributed by atoms with Gasteiger partial charge in [-0.3, -0.25) is 0 Å². The maximum atomic E-state index is 6.09. The van der Waals surface area contributed by atoms with Crippen molar-refractivity contribution in [1.29, 1.82) is 0 Å². The molecule has 0 radical (unpaired) electrons. The van der Waals surface area contributed by atoms with Crippen LogP contribution in [-0.2, 0) is 14.2 Å². The molecular formula is C24H30O3Se. The van der Waals surface area contributed by atoms with Gasteiger partial charge in [-0.05, 0) is 0 Å². The number of methoxy groups -OCH3 is 1. The molecular weight excluding hydrogens is 415 g/mol. The molecule has 3 nitrogen and oxygen atoms in total. The van der Waals surface area contributed by atoms with Gasteiger partial charge in [-0.15, -0.1) is 0 Å². The fourth-order valence-corrected chi connectivity index (χ4v) is 7.36. The molecule has 4 rings (SSSR count). The van der Waals surface area contributed by atoms with Crippen LogP contribution in [0.4, 0.5) is 0 Å². The van der Waals surface area contributed by atoms with Crippen molar-refractivity contribution in [2.24, 2.45) is 0 Å². The molecule has 0 aromatic heterocycles. The third kappa shape index (κ3) is 4.37. The van der Waals surface area contributed by atoms with E-state index in [1.165, 1.54) is 21.2 Å². The average molecular weight is 445 g/mol. The van der Waals surface area contributed by atoms with Crippen LogP contribution >= 0.6 is 0 Å². The van der Waals surface area contributed by atoms with Crippen LogP contribution in [0.3, 0.4) is 0 Å². The molecule has 2 fully saturated rings. The number of benzene rings is 2. The summed E-state index contributed by atoms with van der Waals surface area (Å²) in [4.78, 5) is 0.419. The fraction of sp³-hybridized carbons (Fsp3) is 0.500. The van der Waals surface area contributed by atoms with Gasteiger partial charge < -0.3 is 0 Å². The number of rotatable bonds is 7. The number of hydrogen-bond donors (Lipinski definition) is 0. The van der Waals surface area contributed by atoms with E-state index in [-0.39, 0.29) is 33.3 Å². The molecule has 0 aliphatic carbocycles. The van der Waals surface area contributed by atoms with Gasteiger partial charge in [-0.1, -0.05) is 0 Å². The van der Waals surface area contributed by atoms with Crippen LogP contribution in [-0.4, -0.2) is 35.3 Å². The molecule has 2 aliphatic heterocycles. The van der Waals surface area contributed by atoms with E-state index in [1.54, 1.807) is 0 Å². The van der Waals surface area contributed by atoms with Crippen molar-refractivity contribution in [3.8, 4) is 0 Å². The van der Waals surface area contributed by atoms with Gasteiger partial charge in [-0.2, -0.15) is 0 Å². The summed E-state index contributed by atoms with van der Waals surface area (Å²) >= 11 is 0.264. The average Bonchev–Trinajstić information content (AvgIpc) is 3.44. The molecule has 0 saturated carbocycles. The second kappa shape index (κ2) is 9.56. The zero-order valence-electron chi connectivity index (χ0n) is 16.8. The molecule has 0 bridgehead atoms. The molecule has 0 N–H and O–H groups in total. The van der Waals surface area contributed by atoms with Crippen molar-refractivity contribution in [3.63, 3.8) is 0 Å². The van der Waals surface area contributed by atoms with E-state index >= 15 is 0 Å². The Labute approximate surface area is 174 Å². The predicted octanol–water partition coefficient (Wildman–Crippen LogP) is 4.92. The molecule has 2 heterocycles. The zero-order chi connectivity index (χ0) is 19.3. The van der Waals surface area contributed by atoms with E-state index in [9.17, 15) is 0 Å². The van der Waals surface area contributed by atoms with Gasteiger partial charge in [-0.25, -0.2) is 0 Å². The fourth-order valence-electron chi connectivity index (χ4n) is 4.35. The molecule has 0 spiro atoms. The third-order valence-corrected chi connectivity index (χ3v) is 8.52. The summed E-state index contributed by atoms with van der Waals surface area (Å²) in [6.45, 7) is 4.08.